The van der Waals surface area contributed by atoms with Crippen molar-refractivity contribution in [1.82, 2.24) is 15.5 Å². The quantitative estimate of drug-likeness (QED) is 0.624. The Kier molecular flexibility index (Phi) is 9.52. The minimum absolute atomic E-state index is 0.0938. The van der Waals surface area contributed by atoms with Crippen LogP contribution >= 0.6 is 0 Å². The Labute approximate surface area is 214 Å². The lowest BCUT2D eigenvalue weighted by Crippen LogP contribution is -2.54. The number of carbonyl (C=O) groups is 3. The Bertz CT molecular complexity index is 1060. The molecular weight excluding hydrogens is 482 g/mol. The van der Waals surface area contributed by atoms with Crippen molar-refractivity contribution in [3.63, 3.8) is 0 Å². The molecule has 2 saturated heterocycles. The van der Waals surface area contributed by atoms with Crippen molar-refractivity contribution in [3.05, 3.63) is 29.3 Å². The van der Waals surface area contributed by atoms with Crippen LogP contribution in [0.1, 0.15) is 56.6 Å². The predicted molar refractivity (Wildman–Crippen MR) is 136 cm³/mol. The monoisotopic (exact) mass is 521 g/mol. The van der Waals surface area contributed by atoms with Crippen LogP contribution in [0.4, 0.5) is 0 Å². The average Bonchev–Trinajstić information content (AvgIpc) is 2.86. The summed E-state index contributed by atoms with van der Waals surface area (Å²) in [5.74, 6) is -0.871. The molecule has 0 radical (unpaired) electrons. The zero-order valence-corrected chi connectivity index (χ0v) is 22.4. The van der Waals surface area contributed by atoms with Crippen LogP contribution in [0.15, 0.2) is 23.1 Å². The second kappa shape index (κ2) is 12.2. The van der Waals surface area contributed by atoms with Gasteiger partial charge in [-0.15, -0.1) is 0 Å². The number of ether oxygens (including phenoxy) is 1. The summed E-state index contributed by atoms with van der Waals surface area (Å²) < 4.78 is 31.3. The minimum Gasteiger partial charge on any atom is -0.380 e. The minimum atomic E-state index is -3.58. The average molecular weight is 522 g/mol. The van der Waals surface area contributed by atoms with Crippen molar-refractivity contribution in [3.8, 4) is 0 Å². The van der Waals surface area contributed by atoms with E-state index in [-0.39, 0.29) is 34.8 Å². The van der Waals surface area contributed by atoms with E-state index in [2.05, 4.69) is 10.6 Å². The van der Waals surface area contributed by atoms with E-state index in [0.29, 0.717) is 57.7 Å². The highest BCUT2D eigenvalue weighted by Crippen LogP contribution is 2.37. The molecular formula is C26H39N3O6S. The van der Waals surface area contributed by atoms with Crippen molar-refractivity contribution in [1.29, 1.82) is 0 Å². The number of hydrogen-bond acceptors (Lipinski definition) is 6. The molecule has 2 heterocycles. The van der Waals surface area contributed by atoms with E-state index in [9.17, 15) is 22.8 Å². The summed E-state index contributed by atoms with van der Waals surface area (Å²) >= 11 is 0. The molecule has 1 atom stereocenters. The first-order valence-corrected chi connectivity index (χ1v) is 14.4. The maximum absolute atomic E-state index is 13.3. The molecule has 2 fully saturated rings. The van der Waals surface area contributed by atoms with Crippen LogP contribution in [0.2, 0.25) is 0 Å². The fourth-order valence-electron chi connectivity index (χ4n) is 4.89. The molecule has 2 aliphatic heterocycles. The molecule has 0 unspecified atom stereocenters. The number of sulfone groups is 1. The summed E-state index contributed by atoms with van der Waals surface area (Å²) in [4.78, 5) is 40.4. The smallest absolute Gasteiger partial charge is 0.242 e. The number of aryl methyl sites for hydroxylation is 2. The third-order valence-electron chi connectivity index (χ3n) is 7.30. The molecule has 0 bridgehead atoms. The second-order valence-corrected chi connectivity index (χ2v) is 12.1. The zero-order valence-electron chi connectivity index (χ0n) is 21.6. The van der Waals surface area contributed by atoms with Gasteiger partial charge in [0.2, 0.25) is 17.7 Å². The third-order valence-corrected chi connectivity index (χ3v) is 9.15. The second-order valence-electron chi connectivity index (χ2n) is 10.1. The zero-order chi connectivity index (χ0) is 26.3. The van der Waals surface area contributed by atoms with E-state index in [1.54, 1.807) is 30.9 Å². The SMILES string of the molecule is Cc1ccc(C)c(S(=O)(=O)CCC(=O)N2CCC3(CCCCOCCNC(=O)[C@H](C)NC3=O)CC2)c1. The number of nitrogens with one attached hydrogen (secondary N) is 2. The first kappa shape index (κ1) is 28.1. The lowest BCUT2D eigenvalue weighted by Gasteiger charge is -2.41. The Balaban J connectivity index is 1.62. The van der Waals surface area contributed by atoms with Crippen molar-refractivity contribution in [2.24, 2.45) is 5.41 Å². The van der Waals surface area contributed by atoms with Crippen LogP contribution in [0.3, 0.4) is 0 Å². The topological polar surface area (TPSA) is 122 Å². The molecule has 1 aromatic rings. The number of likely N-dealkylation sites (tertiary alicyclic amines) is 1. The van der Waals surface area contributed by atoms with Crippen molar-refractivity contribution in [2.45, 2.75) is 70.2 Å². The van der Waals surface area contributed by atoms with Crippen molar-refractivity contribution < 1.29 is 27.5 Å². The first-order valence-electron chi connectivity index (χ1n) is 12.8. The molecule has 10 heteroatoms. The van der Waals surface area contributed by atoms with Gasteiger partial charge in [-0.25, -0.2) is 8.42 Å². The molecule has 0 saturated carbocycles. The summed E-state index contributed by atoms with van der Waals surface area (Å²) in [6, 6.07) is 4.63. The number of carbonyl (C=O) groups excluding carboxylic acids is 3. The summed E-state index contributed by atoms with van der Waals surface area (Å²) in [6.45, 7) is 7.44. The van der Waals surface area contributed by atoms with Crippen molar-refractivity contribution >= 4 is 27.6 Å². The maximum Gasteiger partial charge on any atom is 0.242 e. The molecule has 2 N–H and O–H groups in total. The number of benzene rings is 1. The molecule has 1 spiro atoms. The molecule has 36 heavy (non-hydrogen) atoms. The summed E-state index contributed by atoms with van der Waals surface area (Å²) in [5.41, 5.74) is 0.867. The summed E-state index contributed by atoms with van der Waals surface area (Å²) in [5, 5.41) is 5.64. The Morgan fingerprint density at radius 1 is 1.11 bits per heavy atom. The lowest BCUT2D eigenvalue weighted by molar-refractivity contribution is -0.142. The van der Waals surface area contributed by atoms with E-state index in [4.69, 9.17) is 4.74 Å². The van der Waals surface area contributed by atoms with Gasteiger partial charge in [-0.1, -0.05) is 18.6 Å². The Morgan fingerprint density at radius 3 is 2.56 bits per heavy atom. The predicted octanol–water partition coefficient (Wildman–Crippen LogP) is 1.90. The van der Waals surface area contributed by atoms with Gasteiger partial charge in [0.15, 0.2) is 9.84 Å². The summed E-state index contributed by atoms with van der Waals surface area (Å²) in [7, 11) is -3.58. The van der Waals surface area contributed by atoms with Gasteiger partial charge in [0.25, 0.3) is 0 Å². The van der Waals surface area contributed by atoms with Gasteiger partial charge in [-0.3, -0.25) is 14.4 Å². The van der Waals surface area contributed by atoms with Crippen LogP contribution in [-0.4, -0.2) is 75.7 Å². The van der Waals surface area contributed by atoms with Gasteiger partial charge in [-0.2, -0.15) is 0 Å². The highest BCUT2D eigenvalue weighted by Gasteiger charge is 2.42. The molecule has 0 aromatic heterocycles. The third kappa shape index (κ3) is 7.06. The van der Waals surface area contributed by atoms with Crippen LogP contribution < -0.4 is 10.6 Å². The van der Waals surface area contributed by atoms with Gasteiger partial charge in [0.1, 0.15) is 6.04 Å². The first-order chi connectivity index (χ1) is 17.0. The standard InChI is InChI=1S/C26H39N3O6S/c1-19-6-7-20(2)22(18-19)36(33,34)17-8-23(30)29-13-10-26(11-14-29)9-4-5-15-35-16-12-27-24(31)21(3)28-25(26)32/h6-7,18,21H,4-5,8-17H2,1-3H3,(H,27,31)(H,28,32)/t21-/m0/s1. The van der Waals surface area contributed by atoms with Crippen molar-refractivity contribution in [2.75, 3.05) is 38.6 Å². The van der Waals surface area contributed by atoms with Gasteiger partial charge < -0.3 is 20.3 Å². The number of rotatable bonds is 4. The highest BCUT2D eigenvalue weighted by molar-refractivity contribution is 7.91. The van der Waals surface area contributed by atoms with Gasteiger partial charge in [0, 0.05) is 32.7 Å². The van der Waals surface area contributed by atoms with E-state index < -0.39 is 21.3 Å². The molecule has 1 aromatic carbocycles. The number of piperidine rings is 1. The molecule has 3 amide bonds. The fraction of sp³-hybridized carbons (Fsp3) is 0.654. The van der Waals surface area contributed by atoms with E-state index >= 15 is 0 Å². The molecule has 3 rings (SSSR count). The van der Waals surface area contributed by atoms with Crippen LogP contribution in [0, 0.1) is 19.3 Å². The fourth-order valence-corrected chi connectivity index (χ4v) is 6.48. The number of hydrogen-bond donors (Lipinski definition) is 2. The van der Waals surface area contributed by atoms with Gasteiger partial charge in [-0.05, 0) is 63.6 Å². The molecule has 0 aliphatic carbocycles. The Hall–Kier alpha value is -2.46. The molecule has 9 nitrogen and oxygen atoms in total. The number of amides is 3. The van der Waals surface area contributed by atoms with E-state index in [1.165, 1.54) is 0 Å². The van der Waals surface area contributed by atoms with Crippen LogP contribution in [0.5, 0.6) is 0 Å². The van der Waals surface area contributed by atoms with Gasteiger partial charge in [0.05, 0.1) is 22.7 Å². The maximum atomic E-state index is 13.3. The summed E-state index contributed by atoms with van der Waals surface area (Å²) in [6.07, 6.45) is 3.14. The largest absolute Gasteiger partial charge is 0.380 e. The number of nitrogens with zero attached hydrogens (tertiary/aromatic N) is 1. The van der Waals surface area contributed by atoms with Crippen LogP contribution in [0.25, 0.3) is 0 Å². The molecule has 200 valence electrons. The molecule has 2 aliphatic rings. The van der Waals surface area contributed by atoms with Gasteiger partial charge >= 0.3 is 0 Å². The Morgan fingerprint density at radius 2 is 1.83 bits per heavy atom. The van der Waals surface area contributed by atoms with E-state index in [1.807, 2.05) is 13.0 Å². The van der Waals surface area contributed by atoms with E-state index in [0.717, 1.165) is 18.4 Å². The highest BCUT2D eigenvalue weighted by atomic mass is 32.2. The lowest BCUT2D eigenvalue weighted by atomic mass is 9.73. The van der Waals surface area contributed by atoms with Crippen LogP contribution in [-0.2, 0) is 29.0 Å². The normalized spacial score (nSPS) is 22.1.